The molecular weight excluding hydrogens is 468 g/mol. The number of likely N-dealkylation sites (N-methyl/N-ethyl adjacent to an activating group) is 1. The van der Waals surface area contributed by atoms with E-state index < -0.39 is 0 Å². The van der Waals surface area contributed by atoms with Crippen LogP contribution in [0.3, 0.4) is 0 Å². The van der Waals surface area contributed by atoms with Crippen LogP contribution in [0.2, 0.25) is 0 Å². The first-order chi connectivity index (χ1) is 16.0. The smallest absolute Gasteiger partial charge is 0.257 e. The number of carbonyl (C=O) groups excluding carboxylic acids is 1. The van der Waals surface area contributed by atoms with Crippen molar-refractivity contribution in [3.05, 3.63) is 77.9 Å². The Labute approximate surface area is 210 Å². The van der Waals surface area contributed by atoms with Gasteiger partial charge in [-0.2, -0.15) is 0 Å². The van der Waals surface area contributed by atoms with Crippen LogP contribution in [0.25, 0.3) is 21.3 Å². The Morgan fingerprint density at radius 3 is 2.44 bits per heavy atom. The number of amides is 1. The van der Waals surface area contributed by atoms with Gasteiger partial charge in [0.1, 0.15) is 11.3 Å². The van der Waals surface area contributed by atoms with Gasteiger partial charge in [0.05, 0.1) is 11.8 Å². The van der Waals surface area contributed by atoms with Gasteiger partial charge in [0.25, 0.3) is 5.91 Å². The minimum Gasteiger partial charge on any atom is -0.494 e. The van der Waals surface area contributed by atoms with Crippen molar-refractivity contribution < 1.29 is 9.53 Å². The molecule has 178 valence electrons. The second-order valence-corrected chi connectivity index (χ2v) is 9.01. The van der Waals surface area contributed by atoms with Gasteiger partial charge in [0, 0.05) is 30.8 Å². The molecule has 4 aromatic rings. The number of thiazole rings is 1. The first-order valence-electron chi connectivity index (χ1n) is 10.8. The molecule has 8 heteroatoms. The number of anilines is 1. The molecule has 0 atom stereocenters. The molecule has 0 aliphatic heterocycles. The normalized spacial score (nSPS) is 10.8. The van der Waals surface area contributed by atoms with Crippen molar-refractivity contribution in [1.82, 2.24) is 15.2 Å². The predicted molar refractivity (Wildman–Crippen MR) is 144 cm³/mol. The summed E-state index contributed by atoms with van der Waals surface area (Å²) < 4.78 is 6.49. The number of hydrogen-bond donors (Lipinski definition) is 2. The fourth-order valence-corrected chi connectivity index (χ4v) is 4.54. The van der Waals surface area contributed by atoms with Crippen LogP contribution in [0.4, 0.5) is 5.13 Å². The molecular formula is C26H29ClN4O2S. The minimum absolute atomic E-state index is 0. The number of fused-ring (bicyclic) bond motifs is 1. The quantitative estimate of drug-likeness (QED) is 0.308. The van der Waals surface area contributed by atoms with Crippen LogP contribution in [-0.4, -0.2) is 50.1 Å². The lowest BCUT2D eigenvalue weighted by Crippen LogP contribution is -2.26. The van der Waals surface area contributed by atoms with Crippen LogP contribution < -0.4 is 15.4 Å². The zero-order valence-electron chi connectivity index (χ0n) is 19.5. The summed E-state index contributed by atoms with van der Waals surface area (Å²) in [6, 6.07) is 21.8. The van der Waals surface area contributed by atoms with Crippen LogP contribution in [0, 0.1) is 0 Å². The molecule has 1 heterocycles. The molecule has 1 amide bonds. The van der Waals surface area contributed by atoms with Crippen LogP contribution in [0.15, 0.2) is 66.7 Å². The maximum Gasteiger partial charge on any atom is 0.257 e. The van der Waals surface area contributed by atoms with Gasteiger partial charge < -0.3 is 15.0 Å². The maximum atomic E-state index is 12.9. The first kappa shape index (κ1) is 25.6. The zero-order valence-corrected chi connectivity index (χ0v) is 21.1. The summed E-state index contributed by atoms with van der Waals surface area (Å²) in [6.45, 7) is 2.68. The minimum atomic E-state index is -0.179. The maximum absolute atomic E-state index is 12.9. The lowest BCUT2D eigenvalue weighted by molar-refractivity contribution is 0.102. The number of nitrogens with one attached hydrogen (secondary N) is 2. The Kier molecular flexibility index (Phi) is 9.01. The van der Waals surface area contributed by atoms with Crippen molar-refractivity contribution in [2.24, 2.45) is 0 Å². The Hall–Kier alpha value is -2.97. The third-order valence-corrected chi connectivity index (χ3v) is 6.32. The highest BCUT2D eigenvalue weighted by molar-refractivity contribution is 7.23. The van der Waals surface area contributed by atoms with Gasteiger partial charge in [-0.1, -0.05) is 53.8 Å². The summed E-state index contributed by atoms with van der Waals surface area (Å²) >= 11 is 1.45. The van der Waals surface area contributed by atoms with Gasteiger partial charge in [0.15, 0.2) is 5.13 Å². The van der Waals surface area contributed by atoms with Crippen LogP contribution in [0.5, 0.6) is 5.75 Å². The van der Waals surface area contributed by atoms with Crippen LogP contribution in [0.1, 0.15) is 15.9 Å². The molecule has 0 saturated heterocycles. The van der Waals surface area contributed by atoms with Crippen LogP contribution >= 0.6 is 23.7 Å². The van der Waals surface area contributed by atoms with Gasteiger partial charge in [0.2, 0.25) is 0 Å². The number of halogens is 1. The van der Waals surface area contributed by atoms with E-state index in [1.165, 1.54) is 11.3 Å². The molecule has 0 radical (unpaired) electrons. The van der Waals surface area contributed by atoms with Gasteiger partial charge in [-0.15, -0.1) is 12.4 Å². The number of hydrogen-bond acceptors (Lipinski definition) is 6. The molecule has 0 unspecified atom stereocenters. The molecule has 0 bridgehead atoms. The summed E-state index contributed by atoms with van der Waals surface area (Å²) in [4.78, 5) is 19.7. The number of benzene rings is 3. The molecule has 0 aliphatic carbocycles. The van der Waals surface area contributed by atoms with Crippen molar-refractivity contribution in [3.8, 4) is 16.9 Å². The Balaban J connectivity index is 0.00000324. The van der Waals surface area contributed by atoms with Crippen molar-refractivity contribution >= 4 is 45.0 Å². The number of methoxy groups -OCH3 is 1. The van der Waals surface area contributed by atoms with Crippen molar-refractivity contribution in [1.29, 1.82) is 0 Å². The Bertz CT molecular complexity index is 1230. The molecule has 0 aliphatic rings. The van der Waals surface area contributed by atoms with E-state index >= 15 is 0 Å². The van der Waals surface area contributed by atoms with Crippen molar-refractivity contribution in [3.63, 3.8) is 0 Å². The molecule has 1 aromatic heterocycles. The summed E-state index contributed by atoms with van der Waals surface area (Å²) in [5.74, 6) is 0.508. The van der Waals surface area contributed by atoms with E-state index in [1.807, 2.05) is 54.6 Å². The van der Waals surface area contributed by atoms with E-state index in [-0.39, 0.29) is 18.3 Å². The number of nitrogens with zero attached hydrogens (tertiary/aromatic N) is 2. The average Bonchev–Trinajstić information content (AvgIpc) is 3.25. The van der Waals surface area contributed by atoms with E-state index in [0.717, 1.165) is 46.5 Å². The predicted octanol–water partition coefficient (Wildman–Crippen LogP) is 5.30. The monoisotopic (exact) mass is 496 g/mol. The highest BCUT2D eigenvalue weighted by Gasteiger charge is 2.16. The molecule has 2 N–H and O–H groups in total. The van der Waals surface area contributed by atoms with Crippen LogP contribution in [-0.2, 0) is 6.54 Å². The zero-order chi connectivity index (χ0) is 23.2. The summed E-state index contributed by atoms with van der Waals surface area (Å²) in [6.07, 6.45) is 0. The lowest BCUT2D eigenvalue weighted by atomic mass is 10.1. The molecule has 3 aromatic carbocycles. The Morgan fingerprint density at radius 1 is 1.03 bits per heavy atom. The molecule has 0 saturated carbocycles. The standard InChI is InChI=1S/C26H28N4O2S.ClH/c1-30(2)16-15-27-17-18-9-11-20(12-10-18)25(31)29-26-28-23-22(32-3)14-13-21(24(23)33-26)19-7-5-4-6-8-19;/h4-14,27H,15-17H2,1-3H3,(H,28,29,31);1H. The first-order valence-corrected chi connectivity index (χ1v) is 11.7. The second kappa shape index (κ2) is 11.9. The molecule has 4 rings (SSSR count). The summed E-state index contributed by atoms with van der Waals surface area (Å²) in [5.41, 5.74) is 4.65. The summed E-state index contributed by atoms with van der Waals surface area (Å²) in [5, 5.41) is 6.90. The van der Waals surface area contributed by atoms with E-state index in [1.54, 1.807) is 7.11 Å². The van der Waals surface area contributed by atoms with Gasteiger partial charge in [-0.3, -0.25) is 10.1 Å². The number of ether oxygens (including phenoxy) is 1. The van der Waals surface area contributed by atoms with Gasteiger partial charge in [-0.05, 0) is 49.5 Å². The van der Waals surface area contributed by atoms with E-state index in [9.17, 15) is 4.79 Å². The van der Waals surface area contributed by atoms with Gasteiger partial charge >= 0.3 is 0 Å². The topological polar surface area (TPSA) is 66.5 Å². The average molecular weight is 497 g/mol. The molecule has 34 heavy (non-hydrogen) atoms. The van der Waals surface area contributed by atoms with E-state index in [4.69, 9.17) is 4.74 Å². The highest BCUT2D eigenvalue weighted by atomic mass is 35.5. The largest absolute Gasteiger partial charge is 0.494 e. The number of carbonyl (C=O) groups is 1. The number of aromatic nitrogens is 1. The SMILES string of the molecule is COc1ccc(-c2ccccc2)c2sc(NC(=O)c3ccc(CNCCN(C)C)cc3)nc12.Cl. The van der Waals surface area contributed by atoms with Crippen molar-refractivity contribution in [2.75, 3.05) is 39.6 Å². The van der Waals surface area contributed by atoms with Crippen molar-refractivity contribution in [2.45, 2.75) is 6.54 Å². The van der Waals surface area contributed by atoms with Gasteiger partial charge in [-0.25, -0.2) is 4.98 Å². The highest BCUT2D eigenvalue weighted by Crippen LogP contribution is 2.39. The third-order valence-electron chi connectivity index (χ3n) is 5.31. The lowest BCUT2D eigenvalue weighted by Gasteiger charge is -2.10. The Morgan fingerprint density at radius 2 is 1.76 bits per heavy atom. The third kappa shape index (κ3) is 6.12. The molecule has 0 spiro atoms. The van der Waals surface area contributed by atoms with E-state index in [0.29, 0.717) is 16.4 Å². The molecule has 6 nitrogen and oxygen atoms in total. The second-order valence-electron chi connectivity index (χ2n) is 8.01. The summed E-state index contributed by atoms with van der Waals surface area (Å²) in [7, 11) is 5.74. The fourth-order valence-electron chi connectivity index (χ4n) is 3.53. The fraction of sp³-hybridized carbons (Fsp3) is 0.231. The molecule has 0 fully saturated rings. The van der Waals surface area contributed by atoms with E-state index in [2.05, 4.69) is 46.7 Å². The number of rotatable bonds is 9.